The number of aliphatic imine (C=N–C) groups is 1. The Morgan fingerprint density at radius 1 is 0.750 bits per heavy atom. The van der Waals surface area contributed by atoms with Crippen LogP contribution in [0.25, 0.3) is 11.1 Å². The van der Waals surface area contributed by atoms with Gasteiger partial charge in [0.25, 0.3) is 0 Å². The van der Waals surface area contributed by atoms with Gasteiger partial charge in [0.15, 0.2) is 0 Å². The zero-order chi connectivity index (χ0) is 28.3. The van der Waals surface area contributed by atoms with Crippen molar-refractivity contribution in [3.05, 3.63) is 48.0 Å². The summed E-state index contributed by atoms with van der Waals surface area (Å²) in [7, 11) is 0. The number of halogens is 4. The second-order valence-corrected chi connectivity index (χ2v) is 12.7. The number of thiocarbonyl (C=S) groups is 1. The number of isothiocyanates is 1. The highest BCUT2D eigenvalue weighted by molar-refractivity contribution is 7.78. The number of alkyl halides is 2. The van der Waals surface area contributed by atoms with Gasteiger partial charge >= 0.3 is 6.11 Å². The van der Waals surface area contributed by atoms with Gasteiger partial charge in [-0.25, -0.2) is 8.78 Å². The zero-order valence-corrected chi connectivity index (χ0v) is 24.0. The van der Waals surface area contributed by atoms with Crippen molar-refractivity contribution >= 4 is 23.1 Å². The van der Waals surface area contributed by atoms with E-state index in [0.29, 0.717) is 24.7 Å². The smallest absolute Gasteiger partial charge is 0.400 e. The van der Waals surface area contributed by atoms with Crippen LogP contribution in [0.1, 0.15) is 84.0 Å². The summed E-state index contributed by atoms with van der Waals surface area (Å²) in [6, 6.07) is 7.56. The Balaban J connectivity index is 1.13. The van der Waals surface area contributed by atoms with Crippen LogP contribution in [0.5, 0.6) is 5.75 Å². The molecule has 3 aliphatic rings. The number of hydrogen-bond acceptors (Lipinski definition) is 3. The van der Waals surface area contributed by atoms with E-state index in [2.05, 4.69) is 29.3 Å². The van der Waals surface area contributed by atoms with E-state index >= 15 is 8.78 Å². The predicted octanol–water partition coefficient (Wildman–Crippen LogP) is 10.8. The maximum Gasteiger partial charge on any atom is 0.400 e. The third-order valence-corrected chi connectivity index (χ3v) is 10.2. The highest BCUT2D eigenvalue weighted by Crippen LogP contribution is 2.48. The van der Waals surface area contributed by atoms with Crippen LogP contribution in [0.15, 0.2) is 41.4 Å². The molecule has 0 spiro atoms. The lowest BCUT2D eigenvalue weighted by Gasteiger charge is -2.41. The minimum atomic E-state index is -3.37. The molecule has 7 heteroatoms. The zero-order valence-electron chi connectivity index (χ0n) is 23.2. The van der Waals surface area contributed by atoms with Gasteiger partial charge in [0.2, 0.25) is 0 Å². The van der Waals surface area contributed by atoms with Crippen LogP contribution in [-0.2, 0) is 0 Å². The Bertz CT molecular complexity index is 1200. The molecule has 0 bridgehead atoms. The SMILES string of the molecule is CC1CCC(C2CCC(C3CCC(C(F)(F)Oc4ccc(-c5ccc(N=C=S)c(F)c5)c(F)c4)CC3)CC2)CC1. The van der Waals surface area contributed by atoms with E-state index in [1.807, 2.05) is 0 Å². The number of ether oxygens (including phenoxy) is 1. The molecule has 0 aliphatic heterocycles. The maximum atomic E-state index is 15.2. The summed E-state index contributed by atoms with van der Waals surface area (Å²) >= 11 is 4.49. The molecule has 2 aromatic carbocycles. The summed E-state index contributed by atoms with van der Waals surface area (Å²) in [6.45, 7) is 2.37. The second-order valence-electron chi connectivity index (χ2n) is 12.5. The van der Waals surface area contributed by atoms with Gasteiger partial charge in [0, 0.05) is 11.6 Å². The Hall–Kier alpha value is -2.24. The normalized spacial score (nSPS) is 29.4. The van der Waals surface area contributed by atoms with Gasteiger partial charge in [-0.05, 0) is 136 Å². The molecule has 0 amide bonds. The largest absolute Gasteiger partial charge is 0.432 e. The van der Waals surface area contributed by atoms with Crippen molar-refractivity contribution in [1.82, 2.24) is 0 Å². The van der Waals surface area contributed by atoms with Gasteiger partial charge < -0.3 is 4.74 Å². The monoisotopic (exact) mass is 573 g/mol. The van der Waals surface area contributed by atoms with Crippen molar-refractivity contribution in [2.45, 2.75) is 90.1 Å². The van der Waals surface area contributed by atoms with Crippen molar-refractivity contribution in [2.75, 3.05) is 0 Å². The fraction of sp³-hybridized carbons (Fsp3) is 0.606. The van der Waals surface area contributed by atoms with Crippen molar-refractivity contribution in [2.24, 2.45) is 40.5 Å². The molecule has 5 rings (SSSR count). The lowest BCUT2D eigenvalue weighted by atomic mass is 9.65. The summed E-state index contributed by atoms with van der Waals surface area (Å²) in [5.41, 5.74) is 0.341. The summed E-state index contributed by atoms with van der Waals surface area (Å²) in [5.74, 6) is 1.29. The Morgan fingerprint density at radius 3 is 1.82 bits per heavy atom. The van der Waals surface area contributed by atoms with E-state index in [-0.39, 0.29) is 22.6 Å². The highest BCUT2D eigenvalue weighted by atomic mass is 32.1. The minimum Gasteiger partial charge on any atom is -0.432 e. The van der Waals surface area contributed by atoms with E-state index < -0.39 is 23.7 Å². The first-order valence-corrected chi connectivity index (χ1v) is 15.4. The molecule has 3 aliphatic carbocycles. The predicted molar refractivity (Wildman–Crippen MR) is 154 cm³/mol. The summed E-state index contributed by atoms with van der Waals surface area (Å²) in [5, 5.41) is 2.09. The van der Waals surface area contributed by atoms with Crippen LogP contribution in [0.3, 0.4) is 0 Å². The van der Waals surface area contributed by atoms with E-state index in [1.54, 1.807) is 0 Å². The average Bonchev–Trinajstić information content (AvgIpc) is 2.95. The van der Waals surface area contributed by atoms with Crippen LogP contribution in [0.4, 0.5) is 23.2 Å². The Morgan fingerprint density at radius 2 is 1.30 bits per heavy atom. The molecular formula is C33H39F4NOS. The van der Waals surface area contributed by atoms with Crippen LogP contribution in [0.2, 0.25) is 0 Å². The van der Waals surface area contributed by atoms with Crippen LogP contribution < -0.4 is 4.74 Å². The first-order chi connectivity index (χ1) is 19.2. The molecular weight excluding hydrogens is 534 g/mol. The quantitative estimate of drug-likeness (QED) is 0.187. The van der Waals surface area contributed by atoms with Crippen LogP contribution >= 0.6 is 12.2 Å². The van der Waals surface area contributed by atoms with E-state index in [0.717, 1.165) is 42.7 Å². The third-order valence-electron chi connectivity index (χ3n) is 10.1. The molecule has 0 N–H and O–H groups in total. The van der Waals surface area contributed by atoms with Crippen LogP contribution in [0, 0.1) is 47.1 Å². The second kappa shape index (κ2) is 12.7. The molecule has 216 valence electrons. The van der Waals surface area contributed by atoms with Crippen molar-refractivity contribution in [1.29, 1.82) is 0 Å². The topological polar surface area (TPSA) is 21.6 Å². The molecule has 0 atom stereocenters. The standard InChI is InChI=1S/C33H39F4NOS/c1-21-2-4-22(5-3-21)23-6-8-24(9-7-23)25-10-13-27(14-11-25)33(36,37)39-28-15-16-29(30(34)19-28)26-12-17-32(38-20-40)31(35)18-26/h12,15-19,21-25,27H,2-11,13-14H2,1H3. The lowest BCUT2D eigenvalue weighted by molar-refractivity contribution is -0.224. The molecule has 0 saturated heterocycles. The molecule has 0 aromatic heterocycles. The Labute approximate surface area is 240 Å². The highest BCUT2D eigenvalue weighted by Gasteiger charge is 2.45. The first kappa shape index (κ1) is 29.3. The molecule has 40 heavy (non-hydrogen) atoms. The molecule has 2 aromatic rings. The molecule has 0 radical (unpaired) electrons. The minimum absolute atomic E-state index is 0.00436. The molecule has 3 saturated carbocycles. The van der Waals surface area contributed by atoms with Crippen molar-refractivity contribution in [3.63, 3.8) is 0 Å². The summed E-state index contributed by atoms with van der Waals surface area (Å²) < 4.78 is 64.4. The molecule has 0 unspecified atom stereocenters. The van der Waals surface area contributed by atoms with Gasteiger partial charge in [-0.1, -0.05) is 25.8 Å². The molecule has 0 heterocycles. The summed E-state index contributed by atoms with van der Waals surface area (Å²) in [4.78, 5) is 3.61. The Kier molecular flexibility index (Phi) is 9.31. The number of benzene rings is 2. The molecule has 3 fully saturated rings. The third kappa shape index (κ3) is 6.79. The van der Waals surface area contributed by atoms with E-state index in [9.17, 15) is 8.78 Å². The van der Waals surface area contributed by atoms with E-state index in [1.165, 1.54) is 75.6 Å². The number of rotatable bonds is 7. The first-order valence-electron chi connectivity index (χ1n) is 15.0. The van der Waals surface area contributed by atoms with Crippen molar-refractivity contribution in [3.8, 4) is 16.9 Å². The lowest BCUT2D eigenvalue weighted by Crippen LogP contribution is -2.38. The van der Waals surface area contributed by atoms with Gasteiger partial charge in [-0.3, -0.25) is 0 Å². The fourth-order valence-corrected chi connectivity index (χ4v) is 7.72. The summed E-state index contributed by atoms with van der Waals surface area (Å²) in [6.07, 6.45) is 9.73. The van der Waals surface area contributed by atoms with Gasteiger partial charge in [0.05, 0.1) is 11.1 Å². The van der Waals surface area contributed by atoms with E-state index in [4.69, 9.17) is 4.74 Å². The fourth-order valence-electron chi connectivity index (χ4n) is 7.62. The van der Waals surface area contributed by atoms with Gasteiger partial charge in [-0.2, -0.15) is 13.8 Å². The maximum absolute atomic E-state index is 15.2. The van der Waals surface area contributed by atoms with Crippen molar-refractivity contribution < 1.29 is 22.3 Å². The molecule has 2 nitrogen and oxygen atoms in total. The average molecular weight is 574 g/mol. The van der Waals surface area contributed by atoms with Gasteiger partial charge in [-0.15, -0.1) is 0 Å². The van der Waals surface area contributed by atoms with Gasteiger partial charge in [0.1, 0.15) is 23.1 Å². The number of hydrogen-bond donors (Lipinski definition) is 0. The van der Waals surface area contributed by atoms with Crippen LogP contribution in [-0.4, -0.2) is 11.3 Å². The number of nitrogens with zero attached hydrogens (tertiary/aromatic N) is 1.